The zero-order valence-electron chi connectivity index (χ0n) is 13.9. The molecule has 1 atom stereocenters. The molecule has 0 spiro atoms. The van der Waals surface area contributed by atoms with Gasteiger partial charge in [-0.3, -0.25) is 14.9 Å². The Morgan fingerprint density at radius 3 is 2.50 bits per heavy atom. The Morgan fingerprint density at radius 2 is 1.92 bits per heavy atom. The molecule has 0 radical (unpaired) electrons. The number of amides is 1. The SMILES string of the molecule is CCCCCCC(Sc1ccc(CCC(=O)NO)cc1)C(=O)OO. The van der Waals surface area contributed by atoms with Crippen molar-refractivity contribution in [3.8, 4) is 0 Å². The second-order valence-corrected chi connectivity index (χ2v) is 6.82. The van der Waals surface area contributed by atoms with E-state index in [-0.39, 0.29) is 6.42 Å². The van der Waals surface area contributed by atoms with E-state index in [4.69, 9.17) is 10.5 Å². The number of hydrogen-bond donors (Lipinski definition) is 3. The number of hydroxylamine groups is 1. The molecule has 1 unspecified atom stereocenters. The molecule has 1 aromatic rings. The van der Waals surface area contributed by atoms with Crippen LogP contribution in [0.5, 0.6) is 0 Å². The van der Waals surface area contributed by atoms with Crippen molar-refractivity contribution in [1.29, 1.82) is 0 Å². The van der Waals surface area contributed by atoms with Gasteiger partial charge in [-0.05, 0) is 30.5 Å². The fourth-order valence-electron chi connectivity index (χ4n) is 2.25. The summed E-state index contributed by atoms with van der Waals surface area (Å²) in [7, 11) is 0. The lowest BCUT2D eigenvalue weighted by Crippen LogP contribution is -2.19. The Labute approximate surface area is 146 Å². The van der Waals surface area contributed by atoms with Crippen LogP contribution in [-0.4, -0.2) is 27.6 Å². The molecule has 1 aromatic carbocycles. The van der Waals surface area contributed by atoms with Crippen LogP contribution in [0.25, 0.3) is 0 Å². The molecule has 1 amide bonds. The summed E-state index contributed by atoms with van der Waals surface area (Å²) in [5, 5.41) is 16.7. The molecule has 0 saturated carbocycles. The number of aryl methyl sites for hydroxylation is 1. The maximum absolute atomic E-state index is 11.7. The fraction of sp³-hybridized carbons (Fsp3) is 0.529. The first-order valence-electron chi connectivity index (χ1n) is 8.14. The number of unbranched alkanes of at least 4 members (excludes halogenated alkanes) is 3. The van der Waals surface area contributed by atoms with Crippen molar-refractivity contribution in [2.45, 2.75) is 62.0 Å². The first-order valence-corrected chi connectivity index (χ1v) is 9.02. The zero-order chi connectivity index (χ0) is 17.8. The molecule has 6 nitrogen and oxygen atoms in total. The summed E-state index contributed by atoms with van der Waals surface area (Å²) < 4.78 is 0. The summed E-state index contributed by atoms with van der Waals surface area (Å²) in [6.45, 7) is 2.12. The van der Waals surface area contributed by atoms with Gasteiger partial charge in [0, 0.05) is 11.3 Å². The molecule has 1 rings (SSSR count). The standard InChI is InChI=1S/C17H25NO5S/c1-2-3-4-5-6-15(17(20)23-22)24-14-10-7-13(8-11-14)9-12-16(19)18-21/h7-8,10-11,15,21-22H,2-6,9,12H2,1H3,(H,18,19). The van der Waals surface area contributed by atoms with Crippen molar-refractivity contribution in [3.05, 3.63) is 29.8 Å². The van der Waals surface area contributed by atoms with Crippen LogP contribution < -0.4 is 5.48 Å². The number of thioether (sulfide) groups is 1. The van der Waals surface area contributed by atoms with E-state index in [1.807, 2.05) is 24.3 Å². The average molecular weight is 355 g/mol. The zero-order valence-corrected chi connectivity index (χ0v) is 14.7. The van der Waals surface area contributed by atoms with Gasteiger partial charge in [0.15, 0.2) is 0 Å². The molecule has 24 heavy (non-hydrogen) atoms. The second-order valence-electron chi connectivity index (χ2n) is 5.55. The minimum Gasteiger partial charge on any atom is -0.300 e. The third kappa shape index (κ3) is 7.81. The van der Waals surface area contributed by atoms with E-state index in [9.17, 15) is 9.59 Å². The van der Waals surface area contributed by atoms with Crippen LogP contribution in [-0.2, 0) is 20.9 Å². The van der Waals surface area contributed by atoms with Gasteiger partial charge < -0.3 is 0 Å². The van der Waals surface area contributed by atoms with E-state index < -0.39 is 17.1 Å². The van der Waals surface area contributed by atoms with Gasteiger partial charge in [0.2, 0.25) is 5.91 Å². The van der Waals surface area contributed by atoms with Gasteiger partial charge in [0.1, 0.15) is 5.25 Å². The molecule has 134 valence electrons. The van der Waals surface area contributed by atoms with Crippen LogP contribution in [0.4, 0.5) is 0 Å². The molecular formula is C17H25NO5S. The van der Waals surface area contributed by atoms with E-state index in [1.54, 1.807) is 5.48 Å². The van der Waals surface area contributed by atoms with Gasteiger partial charge in [0.25, 0.3) is 0 Å². The lowest BCUT2D eigenvalue weighted by molar-refractivity contribution is -0.233. The summed E-state index contributed by atoms with van der Waals surface area (Å²) in [4.78, 5) is 27.5. The summed E-state index contributed by atoms with van der Waals surface area (Å²) >= 11 is 1.36. The Morgan fingerprint density at radius 1 is 1.21 bits per heavy atom. The van der Waals surface area contributed by atoms with E-state index in [0.29, 0.717) is 12.8 Å². The molecular weight excluding hydrogens is 330 g/mol. The van der Waals surface area contributed by atoms with Gasteiger partial charge in [-0.25, -0.2) is 10.3 Å². The fourth-order valence-corrected chi connectivity index (χ4v) is 3.30. The van der Waals surface area contributed by atoms with Crippen LogP contribution >= 0.6 is 11.8 Å². The van der Waals surface area contributed by atoms with Gasteiger partial charge in [0.05, 0.1) is 0 Å². The Balaban J connectivity index is 2.55. The van der Waals surface area contributed by atoms with Crippen LogP contribution in [0.2, 0.25) is 0 Å². The number of nitrogens with one attached hydrogen (secondary N) is 1. The molecule has 0 bridgehead atoms. The van der Waals surface area contributed by atoms with E-state index in [2.05, 4.69) is 11.8 Å². The molecule has 0 aliphatic rings. The first-order chi connectivity index (χ1) is 11.6. The quantitative estimate of drug-likeness (QED) is 0.185. The highest BCUT2D eigenvalue weighted by atomic mass is 32.2. The topological polar surface area (TPSA) is 95.9 Å². The molecule has 7 heteroatoms. The van der Waals surface area contributed by atoms with Crippen molar-refractivity contribution in [3.63, 3.8) is 0 Å². The molecule has 0 saturated heterocycles. The number of hydrogen-bond acceptors (Lipinski definition) is 6. The van der Waals surface area contributed by atoms with Crippen molar-refractivity contribution in [1.82, 2.24) is 5.48 Å². The molecule has 0 aliphatic carbocycles. The second kappa shape index (κ2) is 11.9. The van der Waals surface area contributed by atoms with Gasteiger partial charge in [-0.15, -0.1) is 11.8 Å². The van der Waals surface area contributed by atoms with Gasteiger partial charge in [-0.1, -0.05) is 44.7 Å². The molecule has 3 N–H and O–H groups in total. The first kappa shape index (κ1) is 20.5. The molecule has 0 aliphatic heterocycles. The third-order valence-corrected chi connectivity index (χ3v) is 4.90. The third-order valence-electron chi connectivity index (χ3n) is 3.64. The lowest BCUT2D eigenvalue weighted by Gasteiger charge is -2.13. The summed E-state index contributed by atoms with van der Waals surface area (Å²) in [5.41, 5.74) is 2.57. The number of rotatable bonds is 11. The summed E-state index contributed by atoms with van der Waals surface area (Å²) in [6, 6.07) is 7.51. The number of benzene rings is 1. The maximum atomic E-state index is 11.7. The van der Waals surface area contributed by atoms with Crippen molar-refractivity contribution in [2.75, 3.05) is 0 Å². The predicted molar refractivity (Wildman–Crippen MR) is 91.8 cm³/mol. The average Bonchev–Trinajstić information content (AvgIpc) is 2.62. The smallest absolute Gasteiger partial charge is 0.300 e. The Bertz CT molecular complexity index is 506. The van der Waals surface area contributed by atoms with Crippen LogP contribution in [0, 0.1) is 0 Å². The van der Waals surface area contributed by atoms with Gasteiger partial charge in [-0.2, -0.15) is 5.26 Å². The number of carbonyl (C=O) groups excluding carboxylic acids is 2. The molecule has 0 aromatic heterocycles. The minimum absolute atomic E-state index is 0.208. The Kier molecular flexibility index (Phi) is 10.1. The maximum Gasteiger partial charge on any atom is 0.355 e. The number of carbonyl (C=O) groups is 2. The minimum atomic E-state index is -0.625. The highest BCUT2D eigenvalue weighted by Gasteiger charge is 2.21. The largest absolute Gasteiger partial charge is 0.355 e. The normalized spacial score (nSPS) is 11.8. The van der Waals surface area contributed by atoms with Crippen molar-refractivity contribution in [2.24, 2.45) is 0 Å². The van der Waals surface area contributed by atoms with Crippen LogP contribution in [0.1, 0.15) is 51.0 Å². The van der Waals surface area contributed by atoms with E-state index in [1.165, 1.54) is 11.8 Å². The highest BCUT2D eigenvalue weighted by Crippen LogP contribution is 2.28. The molecule has 0 heterocycles. The van der Waals surface area contributed by atoms with Crippen LogP contribution in [0.15, 0.2) is 29.2 Å². The van der Waals surface area contributed by atoms with Gasteiger partial charge >= 0.3 is 5.97 Å². The highest BCUT2D eigenvalue weighted by molar-refractivity contribution is 8.00. The van der Waals surface area contributed by atoms with Crippen molar-refractivity contribution < 1.29 is 24.9 Å². The Hall–Kier alpha value is -1.57. The summed E-state index contributed by atoms with van der Waals surface area (Å²) in [6.07, 6.45) is 5.60. The summed E-state index contributed by atoms with van der Waals surface area (Å²) in [5.74, 6) is -1.05. The molecule has 0 fully saturated rings. The van der Waals surface area contributed by atoms with Crippen LogP contribution in [0.3, 0.4) is 0 Å². The lowest BCUT2D eigenvalue weighted by atomic mass is 10.1. The monoisotopic (exact) mass is 355 g/mol. The van der Waals surface area contributed by atoms with Crippen molar-refractivity contribution >= 4 is 23.6 Å². The predicted octanol–water partition coefficient (Wildman–Crippen LogP) is 3.57. The van der Waals surface area contributed by atoms with E-state index in [0.717, 1.165) is 36.1 Å². The van der Waals surface area contributed by atoms with E-state index >= 15 is 0 Å².